The van der Waals surface area contributed by atoms with Crippen molar-refractivity contribution in [2.24, 2.45) is 4.99 Å². The van der Waals surface area contributed by atoms with Crippen LogP contribution in [0, 0.1) is 10.1 Å². The number of amides is 1. The largest absolute Gasteiger partial charge is 0.383 e. The minimum atomic E-state index is -0.570. The number of carbonyl (C=O) groups excluding carboxylic acids is 1. The van der Waals surface area contributed by atoms with Gasteiger partial charge in [-0.05, 0) is 6.07 Å². The summed E-state index contributed by atoms with van der Waals surface area (Å²) in [7, 11) is 1.57. The Morgan fingerprint density at radius 2 is 2.33 bits per heavy atom. The fourth-order valence-corrected chi connectivity index (χ4v) is 3.22. The molecule has 24 heavy (non-hydrogen) atoms. The molecule has 2 aromatic heterocycles. The van der Waals surface area contributed by atoms with Gasteiger partial charge in [-0.3, -0.25) is 14.9 Å². The van der Waals surface area contributed by atoms with E-state index in [-0.39, 0.29) is 11.4 Å². The maximum atomic E-state index is 12.1. The first-order chi connectivity index (χ1) is 11.6. The van der Waals surface area contributed by atoms with Gasteiger partial charge in [0.15, 0.2) is 4.80 Å². The Hall–Kier alpha value is -2.85. The highest BCUT2D eigenvalue weighted by molar-refractivity contribution is 7.16. The molecule has 0 aliphatic carbocycles. The Bertz CT molecular complexity index is 957. The van der Waals surface area contributed by atoms with Crippen molar-refractivity contribution in [3.63, 3.8) is 0 Å². The van der Waals surface area contributed by atoms with Gasteiger partial charge in [-0.2, -0.15) is 4.99 Å². The fraction of sp³-hybridized carbons (Fsp3) is 0.214. The molecule has 0 N–H and O–H groups in total. The lowest BCUT2D eigenvalue weighted by atomic mass is 10.3. The number of non-ortho nitro benzene ring substituents is 1. The van der Waals surface area contributed by atoms with Crippen LogP contribution in [0.1, 0.15) is 10.6 Å². The summed E-state index contributed by atoms with van der Waals surface area (Å²) in [6.45, 7) is 0.864. The van der Waals surface area contributed by atoms with Crippen molar-refractivity contribution in [1.82, 2.24) is 9.72 Å². The average molecular weight is 348 g/mol. The molecule has 0 spiro atoms. The number of nitrogens with zero attached hydrogens (tertiary/aromatic N) is 4. The van der Waals surface area contributed by atoms with Gasteiger partial charge < -0.3 is 13.8 Å². The second kappa shape index (κ2) is 6.72. The Balaban J connectivity index is 2.14. The molecule has 0 aliphatic heterocycles. The first kappa shape index (κ1) is 16.0. The van der Waals surface area contributed by atoms with E-state index >= 15 is 0 Å². The lowest BCUT2D eigenvalue weighted by molar-refractivity contribution is -0.384. The monoisotopic (exact) mass is 348 g/mol. The van der Waals surface area contributed by atoms with Crippen LogP contribution < -0.4 is 4.80 Å². The molecule has 1 aromatic carbocycles. The average Bonchev–Trinajstić information content (AvgIpc) is 3.20. The highest BCUT2D eigenvalue weighted by atomic mass is 32.1. The minimum Gasteiger partial charge on any atom is -0.383 e. The van der Waals surface area contributed by atoms with Gasteiger partial charge >= 0.3 is 5.91 Å². The van der Waals surface area contributed by atoms with E-state index in [1.165, 1.54) is 35.7 Å². The maximum absolute atomic E-state index is 12.1. The number of carbonyl (C=O) groups is 1. The minimum absolute atomic E-state index is 0.0178. The summed E-state index contributed by atoms with van der Waals surface area (Å²) in [5.41, 5.74) is 0.725. The normalized spacial score (nSPS) is 12.0. The van der Waals surface area contributed by atoms with E-state index in [0.29, 0.717) is 22.7 Å². The zero-order valence-electron chi connectivity index (χ0n) is 12.5. The number of ether oxygens (including phenoxy) is 1. The molecule has 0 aliphatic rings. The molecular formula is C14H12N4O5S. The van der Waals surface area contributed by atoms with E-state index < -0.39 is 10.8 Å². The molecule has 0 radical (unpaired) electrons. The maximum Gasteiger partial charge on any atom is 0.318 e. The van der Waals surface area contributed by atoms with Crippen LogP contribution in [0.2, 0.25) is 0 Å². The topological polar surface area (TPSA) is 113 Å². The predicted molar refractivity (Wildman–Crippen MR) is 84.7 cm³/mol. The molecule has 124 valence electrons. The van der Waals surface area contributed by atoms with Gasteiger partial charge in [-0.25, -0.2) is 0 Å². The van der Waals surface area contributed by atoms with Crippen LogP contribution in [-0.4, -0.2) is 34.3 Å². The van der Waals surface area contributed by atoms with Gasteiger partial charge in [-0.15, -0.1) is 0 Å². The quantitative estimate of drug-likeness (QED) is 0.515. The summed E-state index contributed by atoms with van der Waals surface area (Å²) in [6.07, 6.45) is 1.36. The van der Waals surface area contributed by atoms with Gasteiger partial charge in [0, 0.05) is 31.9 Å². The van der Waals surface area contributed by atoms with Crippen molar-refractivity contribution >= 4 is 33.1 Å². The van der Waals surface area contributed by atoms with Crippen molar-refractivity contribution < 1.29 is 19.0 Å². The highest BCUT2D eigenvalue weighted by Crippen LogP contribution is 2.23. The number of methoxy groups -OCH3 is 1. The third-order valence-corrected chi connectivity index (χ3v) is 4.28. The molecule has 10 heteroatoms. The molecule has 0 saturated heterocycles. The number of rotatable bonds is 5. The predicted octanol–water partition coefficient (Wildman–Crippen LogP) is 1.99. The Labute approximate surface area is 138 Å². The Morgan fingerprint density at radius 1 is 1.50 bits per heavy atom. The molecule has 0 bridgehead atoms. The van der Waals surface area contributed by atoms with Crippen molar-refractivity contribution in [1.29, 1.82) is 0 Å². The standard InChI is InChI=1S/C14H12N4O5S/c1-22-7-6-17-10-3-2-9(18(20)21)8-12(10)24-14(17)16-13(19)11-4-5-15-23-11/h2-5,8H,6-7H2,1H3. The van der Waals surface area contributed by atoms with Gasteiger partial charge in [0.05, 0.1) is 27.9 Å². The van der Waals surface area contributed by atoms with E-state index in [1.54, 1.807) is 17.7 Å². The summed E-state index contributed by atoms with van der Waals surface area (Å²) in [5.74, 6) is -0.545. The van der Waals surface area contributed by atoms with Crippen LogP contribution in [0.15, 0.2) is 40.0 Å². The summed E-state index contributed by atoms with van der Waals surface area (Å²) < 4.78 is 12.3. The Kier molecular flexibility index (Phi) is 4.49. The second-order valence-corrected chi connectivity index (χ2v) is 5.74. The number of nitro benzene ring substituents is 1. The molecule has 3 aromatic rings. The second-order valence-electron chi connectivity index (χ2n) is 4.73. The summed E-state index contributed by atoms with van der Waals surface area (Å²) in [6, 6.07) is 5.93. The van der Waals surface area contributed by atoms with Crippen molar-refractivity contribution in [3.05, 3.63) is 51.1 Å². The summed E-state index contributed by atoms with van der Waals surface area (Å²) in [4.78, 5) is 27.0. The fourth-order valence-electron chi connectivity index (χ4n) is 2.13. The van der Waals surface area contributed by atoms with Crippen molar-refractivity contribution in [2.45, 2.75) is 6.54 Å². The number of hydrogen-bond donors (Lipinski definition) is 0. The molecule has 2 heterocycles. The first-order valence-corrected chi connectivity index (χ1v) is 7.68. The number of benzene rings is 1. The Morgan fingerprint density at radius 3 is 3.00 bits per heavy atom. The smallest absolute Gasteiger partial charge is 0.318 e. The number of thiazole rings is 1. The van der Waals surface area contributed by atoms with E-state index in [0.717, 1.165) is 5.52 Å². The molecule has 0 atom stereocenters. The molecule has 0 fully saturated rings. The molecule has 1 amide bonds. The van der Waals surface area contributed by atoms with Crippen LogP contribution in [0.25, 0.3) is 10.2 Å². The van der Waals surface area contributed by atoms with Crippen LogP contribution in [0.5, 0.6) is 0 Å². The molecule has 9 nitrogen and oxygen atoms in total. The SMILES string of the molecule is COCCn1c(=NC(=O)c2ccno2)sc2cc([N+](=O)[O-])ccc21. The number of fused-ring (bicyclic) bond motifs is 1. The third kappa shape index (κ3) is 3.09. The van der Waals surface area contributed by atoms with E-state index in [4.69, 9.17) is 9.26 Å². The molecule has 0 saturated carbocycles. The van der Waals surface area contributed by atoms with Gasteiger partial charge in [0.2, 0.25) is 5.76 Å². The van der Waals surface area contributed by atoms with Crippen LogP contribution in [0.3, 0.4) is 0 Å². The zero-order valence-corrected chi connectivity index (χ0v) is 13.4. The zero-order chi connectivity index (χ0) is 17.1. The first-order valence-electron chi connectivity index (χ1n) is 6.86. The van der Waals surface area contributed by atoms with E-state index in [2.05, 4.69) is 10.1 Å². The van der Waals surface area contributed by atoms with Gasteiger partial charge in [0.25, 0.3) is 5.69 Å². The lowest BCUT2D eigenvalue weighted by Gasteiger charge is -2.03. The van der Waals surface area contributed by atoms with E-state index in [9.17, 15) is 14.9 Å². The number of hydrogen-bond acceptors (Lipinski definition) is 7. The van der Waals surface area contributed by atoms with Crippen LogP contribution in [0.4, 0.5) is 5.69 Å². The summed E-state index contributed by atoms with van der Waals surface area (Å²) >= 11 is 1.18. The van der Waals surface area contributed by atoms with Crippen LogP contribution >= 0.6 is 11.3 Å². The van der Waals surface area contributed by atoms with Crippen molar-refractivity contribution in [2.75, 3.05) is 13.7 Å². The number of aromatic nitrogens is 2. The number of nitro groups is 1. The van der Waals surface area contributed by atoms with E-state index in [1.807, 2.05) is 0 Å². The summed E-state index contributed by atoms with van der Waals surface area (Å²) in [5, 5.41) is 14.4. The molecule has 0 unspecified atom stereocenters. The molecule has 3 rings (SSSR count). The van der Waals surface area contributed by atoms with Crippen LogP contribution in [-0.2, 0) is 11.3 Å². The van der Waals surface area contributed by atoms with Gasteiger partial charge in [0.1, 0.15) is 0 Å². The molecular weight excluding hydrogens is 336 g/mol. The highest BCUT2D eigenvalue weighted by Gasteiger charge is 2.14. The van der Waals surface area contributed by atoms with Crippen molar-refractivity contribution in [3.8, 4) is 0 Å². The third-order valence-electron chi connectivity index (χ3n) is 3.24. The van der Waals surface area contributed by atoms with Gasteiger partial charge in [-0.1, -0.05) is 16.5 Å². The lowest BCUT2D eigenvalue weighted by Crippen LogP contribution is -2.19.